The van der Waals surface area contributed by atoms with Crippen molar-refractivity contribution >= 4 is 17.2 Å². The van der Waals surface area contributed by atoms with Crippen LogP contribution in [0.2, 0.25) is 0 Å². The van der Waals surface area contributed by atoms with Crippen molar-refractivity contribution in [2.45, 2.75) is 26.2 Å². The van der Waals surface area contributed by atoms with E-state index in [1.54, 1.807) is 6.20 Å². The third kappa shape index (κ3) is 2.80. The second-order valence-electron chi connectivity index (χ2n) is 5.40. The third-order valence-electron chi connectivity index (χ3n) is 2.78. The van der Waals surface area contributed by atoms with Crippen molar-refractivity contribution in [2.24, 2.45) is 0 Å². The Morgan fingerprint density at radius 3 is 2.39 bits per heavy atom. The van der Waals surface area contributed by atoms with Gasteiger partial charge in [-0.2, -0.15) is 0 Å². The van der Waals surface area contributed by atoms with Gasteiger partial charge in [0.15, 0.2) is 0 Å². The smallest absolute Gasteiger partial charge is 0.130 e. The van der Waals surface area contributed by atoms with E-state index in [1.165, 1.54) is 5.56 Å². The maximum atomic E-state index is 5.63. The molecule has 0 amide bonds. The number of rotatable bonds is 2. The van der Waals surface area contributed by atoms with Crippen molar-refractivity contribution in [2.75, 3.05) is 11.1 Å². The van der Waals surface area contributed by atoms with Crippen LogP contribution in [-0.2, 0) is 5.41 Å². The van der Waals surface area contributed by atoms with Crippen LogP contribution in [0.3, 0.4) is 0 Å². The molecular formula is C15H19N3. The Morgan fingerprint density at radius 1 is 1.06 bits per heavy atom. The van der Waals surface area contributed by atoms with Crippen LogP contribution in [0.1, 0.15) is 26.3 Å². The first-order valence-corrected chi connectivity index (χ1v) is 6.05. The van der Waals surface area contributed by atoms with Gasteiger partial charge >= 0.3 is 0 Å². The van der Waals surface area contributed by atoms with Gasteiger partial charge in [-0.25, -0.2) is 4.98 Å². The average Bonchev–Trinajstić information content (AvgIpc) is 2.31. The Bertz CT molecular complexity index is 524. The number of hydrogen-bond donors (Lipinski definition) is 2. The average molecular weight is 241 g/mol. The summed E-state index contributed by atoms with van der Waals surface area (Å²) in [6.07, 6.45) is 1.65. The standard InChI is InChI=1S/C15H19N3/c1-15(2,3)12-6-4-5-7-13(12)18-14-9-8-11(16)10-17-14/h4-10H,16H2,1-3H3,(H,17,18). The normalized spacial score (nSPS) is 11.3. The maximum Gasteiger partial charge on any atom is 0.130 e. The van der Waals surface area contributed by atoms with Crippen LogP contribution in [0.25, 0.3) is 0 Å². The van der Waals surface area contributed by atoms with Crippen molar-refractivity contribution in [3.8, 4) is 0 Å². The molecule has 0 unspecified atom stereocenters. The molecule has 3 N–H and O–H groups in total. The zero-order valence-electron chi connectivity index (χ0n) is 11.1. The van der Waals surface area contributed by atoms with Gasteiger partial charge < -0.3 is 11.1 Å². The molecule has 0 aliphatic rings. The summed E-state index contributed by atoms with van der Waals surface area (Å²) in [6, 6.07) is 12.0. The molecule has 0 bridgehead atoms. The molecule has 0 fully saturated rings. The van der Waals surface area contributed by atoms with Crippen molar-refractivity contribution in [1.82, 2.24) is 4.98 Å². The zero-order chi connectivity index (χ0) is 13.2. The highest BCUT2D eigenvalue weighted by Crippen LogP contribution is 2.30. The number of aromatic nitrogens is 1. The molecule has 0 radical (unpaired) electrons. The Balaban J connectivity index is 2.32. The van der Waals surface area contributed by atoms with Gasteiger partial charge in [0.1, 0.15) is 5.82 Å². The van der Waals surface area contributed by atoms with Crippen LogP contribution in [0.4, 0.5) is 17.2 Å². The molecule has 0 spiro atoms. The predicted molar refractivity (Wildman–Crippen MR) is 77.1 cm³/mol. The molecule has 2 rings (SSSR count). The number of nitrogens with two attached hydrogens (primary N) is 1. The van der Waals surface area contributed by atoms with Gasteiger partial charge in [-0.3, -0.25) is 0 Å². The van der Waals surface area contributed by atoms with E-state index in [-0.39, 0.29) is 5.41 Å². The summed E-state index contributed by atoms with van der Waals surface area (Å²) in [4.78, 5) is 4.26. The van der Waals surface area contributed by atoms with Crippen molar-refractivity contribution in [3.05, 3.63) is 48.2 Å². The maximum absolute atomic E-state index is 5.63. The minimum absolute atomic E-state index is 0.0946. The summed E-state index contributed by atoms with van der Waals surface area (Å²) >= 11 is 0. The lowest BCUT2D eigenvalue weighted by Gasteiger charge is -2.23. The van der Waals surface area contributed by atoms with E-state index in [0.29, 0.717) is 5.69 Å². The second-order valence-corrected chi connectivity index (χ2v) is 5.40. The Morgan fingerprint density at radius 2 is 1.78 bits per heavy atom. The summed E-state index contributed by atoms with van der Waals surface area (Å²) in [6.45, 7) is 6.60. The van der Waals surface area contributed by atoms with E-state index < -0.39 is 0 Å². The predicted octanol–water partition coefficient (Wildman–Crippen LogP) is 3.70. The number of hydrogen-bond acceptors (Lipinski definition) is 3. The van der Waals surface area contributed by atoms with Gasteiger partial charge in [0, 0.05) is 5.69 Å². The Kier molecular flexibility index (Phi) is 3.24. The molecule has 0 saturated carbocycles. The Labute approximate surface area is 108 Å². The van der Waals surface area contributed by atoms with Gasteiger partial charge in [0.05, 0.1) is 11.9 Å². The van der Waals surface area contributed by atoms with Gasteiger partial charge in [-0.15, -0.1) is 0 Å². The number of benzene rings is 1. The molecule has 3 nitrogen and oxygen atoms in total. The molecule has 0 aliphatic carbocycles. The van der Waals surface area contributed by atoms with Gasteiger partial charge in [-0.1, -0.05) is 39.0 Å². The Hall–Kier alpha value is -2.03. The molecule has 18 heavy (non-hydrogen) atoms. The van der Waals surface area contributed by atoms with Crippen LogP contribution >= 0.6 is 0 Å². The number of nitrogens with zero attached hydrogens (tertiary/aromatic N) is 1. The minimum atomic E-state index is 0.0946. The van der Waals surface area contributed by atoms with Gasteiger partial charge in [0.2, 0.25) is 0 Å². The van der Waals surface area contributed by atoms with Crippen LogP contribution in [-0.4, -0.2) is 4.98 Å². The highest BCUT2D eigenvalue weighted by Gasteiger charge is 2.17. The van der Waals surface area contributed by atoms with E-state index >= 15 is 0 Å². The number of pyridine rings is 1. The van der Waals surface area contributed by atoms with Crippen LogP contribution in [0.15, 0.2) is 42.6 Å². The highest BCUT2D eigenvalue weighted by molar-refractivity contribution is 5.62. The lowest BCUT2D eigenvalue weighted by atomic mass is 9.86. The molecular weight excluding hydrogens is 222 g/mol. The summed E-state index contributed by atoms with van der Waals surface area (Å²) < 4.78 is 0. The largest absolute Gasteiger partial charge is 0.397 e. The lowest BCUT2D eigenvalue weighted by molar-refractivity contribution is 0.592. The SMILES string of the molecule is CC(C)(C)c1ccccc1Nc1ccc(N)cn1. The molecule has 94 valence electrons. The van der Waals surface area contributed by atoms with Crippen molar-refractivity contribution in [1.29, 1.82) is 0 Å². The summed E-state index contributed by atoms with van der Waals surface area (Å²) in [5, 5.41) is 3.34. The minimum Gasteiger partial charge on any atom is -0.397 e. The molecule has 0 aliphatic heterocycles. The van der Waals surface area contributed by atoms with E-state index in [2.05, 4.69) is 49.3 Å². The molecule has 3 heteroatoms. The number of nitrogen functional groups attached to an aromatic ring is 1. The summed E-state index contributed by atoms with van der Waals surface area (Å²) in [5.74, 6) is 0.806. The fraction of sp³-hybridized carbons (Fsp3) is 0.267. The molecule has 1 aromatic carbocycles. The van der Waals surface area contributed by atoms with Crippen LogP contribution in [0.5, 0.6) is 0 Å². The monoisotopic (exact) mass is 241 g/mol. The van der Waals surface area contributed by atoms with Crippen molar-refractivity contribution in [3.63, 3.8) is 0 Å². The first-order chi connectivity index (χ1) is 8.47. The summed E-state index contributed by atoms with van der Waals surface area (Å²) in [7, 11) is 0. The topological polar surface area (TPSA) is 50.9 Å². The van der Waals surface area contributed by atoms with Crippen LogP contribution in [0, 0.1) is 0 Å². The van der Waals surface area contributed by atoms with Gasteiger partial charge in [0.25, 0.3) is 0 Å². The van der Waals surface area contributed by atoms with E-state index in [4.69, 9.17) is 5.73 Å². The molecule has 0 saturated heterocycles. The highest BCUT2D eigenvalue weighted by atomic mass is 15.0. The zero-order valence-corrected chi connectivity index (χ0v) is 11.1. The van der Waals surface area contributed by atoms with E-state index in [9.17, 15) is 0 Å². The lowest BCUT2D eigenvalue weighted by Crippen LogP contribution is -2.13. The molecule has 0 atom stereocenters. The quantitative estimate of drug-likeness (QED) is 0.842. The van der Waals surface area contributed by atoms with E-state index in [0.717, 1.165) is 11.5 Å². The van der Waals surface area contributed by atoms with Crippen molar-refractivity contribution < 1.29 is 0 Å². The third-order valence-corrected chi connectivity index (χ3v) is 2.78. The second kappa shape index (κ2) is 4.69. The fourth-order valence-electron chi connectivity index (χ4n) is 1.86. The molecule has 1 heterocycles. The summed E-state index contributed by atoms with van der Waals surface area (Å²) in [5.41, 5.74) is 8.75. The first-order valence-electron chi connectivity index (χ1n) is 6.05. The number of para-hydroxylation sites is 1. The van der Waals surface area contributed by atoms with Gasteiger partial charge in [-0.05, 0) is 29.2 Å². The number of nitrogens with one attached hydrogen (secondary N) is 1. The molecule has 1 aromatic heterocycles. The van der Waals surface area contributed by atoms with Crippen LogP contribution < -0.4 is 11.1 Å². The first kappa shape index (κ1) is 12.4. The fourth-order valence-corrected chi connectivity index (χ4v) is 1.86. The number of anilines is 3. The molecule has 2 aromatic rings. The van der Waals surface area contributed by atoms with E-state index in [1.807, 2.05) is 18.2 Å².